The van der Waals surface area contributed by atoms with Crippen molar-refractivity contribution in [2.75, 3.05) is 26.0 Å². The highest BCUT2D eigenvalue weighted by atomic mass is 16.1. The topological polar surface area (TPSA) is 49.4 Å². The van der Waals surface area contributed by atoms with Gasteiger partial charge in [-0.1, -0.05) is 12.1 Å². The molecule has 1 N–H and O–H groups in total. The zero-order chi connectivity index (χ0) is 12.8. The molecule has 0 spiro atoms. The Morgan fingerprint density at radius 2 is 2.00 bits per heavy atom. The van der Waals surface area contributed by atoms with Gasteiger partial charge in [0.2, 0.25) is 5.91 Å². The van der Waals surface area contributed by atoms with E-state index in [4.69, 9.17) is 0 Å². The molecule has 4 heteroatoms. The molecule has 1 amide bonds. The van der Waals surface area contributed by atoms with E-state index in [0.717, 1.165) is 6.54 Å². The van der Waals surface area contributed by atoms with E-state index in [1.165, 1.54) is 6.92 Å². The molecule has 0 heterocycles. The number of rotatable bonds is 5. The summed E-state index contributed by atoms with van der Waals surface area (Å²) >= 11 is 0. The van der Waals surface area contributed by atoms with Crippen LogP contribution in [0.15, 0.2) is 24.3 Å². The summed E-state index contributed by atoms with van der Waals surface area (Å²) in [6.07, 6.45) is 0.483. The largest absolute Gasteiger partial charge is 0.326 e. The summed E-state index contributed by atoms with van der Waals surface area (Å²) in [5.74, 6) is -0.0474. The minimum absolute atomic E-state index is 0.0888. The van der Waals surface area contributed by atoms with E-state index in [1.807, 2.05) is 19.0 Å². The standard InChI is InChI=1S/C13H18N2O2/c1-10(16)14-12-6-4-5-11(9-12)13(17)7-8-15(2)3/h4-6,9H,7-8H2,1-3H3,(H,14,16). The number of carbonyl (C=O) groups excluding carboxylic acids is 2. The molecule has 4 nitrogen and oxygen atoms in total. The average molecular weight is 234 g/mol. The van der Waals surface area contributed by atoms with E-state index in [-0.39, 0.29) is 11.7 Å². The molecule has 1 aromatic rings. The van der Waals surface area contributed by atoms with Gasteiger partial charge in [0, 0.05) is 31.1 Å². The second-order valence-corrected chi connectivity index (χ2v) is 4.24. The summed E-state index contributed by atoms with van der Waals surface area (Å²) < 4.78 is 0. The van der Waals surface area contributed by atoms with Crippen LogP contribution in [0.5, 0.6) is 0 Å². The number of anilines is 1. The number of nitrogens with zero attached hydrogens (tertiary/aromatic N) is 1. The van der Waals surface area contributed by atoms with Crippen molar-refractivity contribution in [2.24, 2.45) is 0 Å². The van der Waals surface area contributed by atoms with Gasteiger partial charge in [-0.3, -0.25) is 9.59 Å². The van der Waals surface area contributed by atoms with Crippen molar-refractivity contribution >= 4 is 17.4 Å². The zero-order valence-corrected chi connectivity index (χ0v) is 10.5. The molecule has 17 heavy (non-hydrogen) atoms. The summed E-state index contributed by atoms with van der Waals surface area (Å²) in [5, 5.41) is 2.66. The molecule has 0 aliphatic carbocycles. The van der Waals surface area contributed by atoms with Crippen LogP contribution in [0.2, 0.25) is 0 Å². The number of hydrogen-bond acceptors (Lipinski definition) is 3. The summed E-state index contributed by atoms with van der Waals surface area (Å²) in [7, 11) is 3.86. The van der Waals surface area contributed by atoms with Crippen LogP contribution in [0.3, 0.4) is 0 Å². The number of nitrogens with one attached hydrogen (secondary N) is 1. The molecule has 0 fully saturated rings. The first-order valence-electron chi connectivity index (χ1n) is 5.54. The molecule has 0 aromatic heterocycles. The van der Waals surface area contributed by atoms with E-state index in [0.29, 0.717) is 17.7 Å². The van der Waals surface area contributed by atoms with Crippen molar-refractivity contribution in [3.8, 4) is 0 Å². The van der Waals surface area contributed by atoms with Crippen molar-refractivity contribution in [3.05, 3.63) is 29.8 Å². The van der Waals surface area contributed by atoms with Gasteiger partial charge in [-0.15, -0.1) is 0 Å². The fraction of sp³-hybridized carbons (Fsp3) is 0.385. The smallest absolute Gasteiger partial charge is 0.221 e. The van der Waals surface area contributed by atoms with Gasteiger partial charge >= 0.3 is 0 Å². The number of carbonyl (C=O) groups is 2. The van der Waals surface area contributed by atoms with E-state index in [1.54, 1.807) is 24.3 Å². The molecule has 0 atom stereocenters. The van der Waals surface area contributed by atoms with Gasteiger partial charge in [0.1, 0.15) is 0 Å². The van der Waals surface area contributed by atoms with Crippen molar-refractivity contribution in [1.82, 2.24) is 4.90 Å². The van der Waals surface area contributed by atoms with E-state index in [2.05, 4.69) is 5.32 Å². The molecule has 1 rings (SSSR count). The molecule has 0 aliphatic rings. The molecule has 0 saturated heterocycles. The lowest BCUT2D eigenvalue weighted by molar-refractivity contribution is -0.114. The highest BCUT2D eigenvalue weighted by Gasteiger charge is 2.07. The van der Waals surface area contributed by atoms with Gasteiger partial charge in [0.05, 0.1) is 0 Å². The summed E-state index contributed by atoms with van der Waals surface area (Å²) in [6, 6.07) is 7.01. The fourth-order valence-electron chi connectivity index (χ4n) is 1.44. The molecule has 0 radical (unpaired) electrons. The van der Waals surface area contributed by atoms with Crippen LogP contribution in [0.4, 0.5) is 5.69 Å². The highest BCUT2D eigenvalue weighted by molar-refractivity contribution is 5.98. The molecule has 0 bridgehead atoms. The first-order chi connectivity index (χ1) is 7.99. The quantitative estimate of drug-likeness (QED) is 0.790. The van der Waals surface area contributed by atoms with E-state index < -0.39 is 0 Å². The van der Waals surface area contributed by atoms with Crippen LogP contribution >= 0.6 is 0 Å². The maximum atomic E-state index is 11.8. The number of ketones is 1. The van der Waals surface area contributed by atoms with Crippen LogP contribution in [0.25, 0.3) is 0 Å². The van der Waals surface area contributed by atoms with Gasteiger partial charge in [-0.05, 0) is 26.2 Å². The second-order valence-electron chi connectivity index (χ2n) is 4.24. The molecular weight excluding hydrogens is 216 g/mol. The Labute approximate surface area is 102 Å². The average Bonchev–Trinajstić information content (AvgIpc) is 2.25. The second kappa shape index (κ2) is 6.15. The minimum atomic E-state index is -0.136. The van der Waals surface area contributed by atoms with Crippen LogP contribution in [0.1, 0.15) is 23.7 Å². The fourth-order valence-corrected chi connectivity index (χ4v) is 1.44. The van der Waals surface area contributed by atoms with Crippen LogP contribution in [-0.2, 0) is 4.79 Å². The Bertz CT molecular complexity index is 414. The lowest BCUT2D eigenvalue weighted by Crippen LogP contribution is -2.16. The molecule has 0 aliphatic heterocycles. The maximum absolute atomic E-state index is 11.8. The maximum Gasteiger partial charge on any atom is 0.221 e. The van der Waals surface area contributed by atoms with Crippen LogP contribution in [-0.4, -0.2) is 37.2 Å². The van der Waals surface area contributed by atoms with E-state index >= 15 is 0 Å². The molecular formula is C13H18N2O2. The van der Waals surface area contributed by atoms with Gasteiger partial charge in [-0.2, -0.15) is 0 Å². The third kappa shape index (κ3) is 4.78. The van der Waals surface area contributed by atoms with Crippen LogP contribution in [0, 0.1) is 0 Å². The van der Waals surface area contributed by atoms with Crippen molar-refractivity contribution in [2.45, 2.75) is 13.3 Å². The Morgan fingerprint density at radius 1 is 1.29 bits per heavy atom. The molecule has 92 valence electrons. The lowest BCUT2D eigenvalue weighted by Gasteiger charge is -2.09. The van der Waals surface area contributed by atoms with Crippen molar-refractivity contribution in [1.29, 1.82) is 0 Å². The zero-order valence-electron chi connectivity index (χ0n) is 10.5. The normalized spacial score (nSPS) is 10.4. The number of benzene rings is 1. The lowest BCUT2D eigenvalue weighted by atomic mass is 10.1. The summed E-state index contributed by atoms with van der Waals surface area (Å²) in [6.45, 7) is 2.17. The molecule has 1 aromatic carbocycles. The highest BCUT2D eigenvalue weighted by Crippen LogP contribution is 2.12. The van der Waals surface area contributed by atoms with Gasteiger partial charge in [-0.25, -0.2) is 0 Å². The Kier molecular flexibility index (Phi) is 4.84. The minimum Gasteiger partial charge on any atom is -0.326 e. The first kappa shape index (κ1) is 13.4. The predicted molar refractivity (Wildman–Crippen MR) is 68.2 cm³/mol. The first-order valence-corrected chi connectivity index (χ1v) is 5.54. The molecule has 0 saturated carbocycles. The molecule has 0 unspecified atom stereocenters. The van der Waals surface area contributed by atoms with Gasteiger partial charge in [0.25, 0.3) is 0 Å². The number of Topliss-reactive ketones (excluding diaryl/α,β-unsaturated/α-hetero) is 1. The van der Waals surface area contributed by atoms with Gasteiger partial charge in [0.15, 0.2) is 5.78 Å². The van der Waals surface area contributed by atoms with Crippen LogP contribution < -0.4 is 5.32 Å². The number of hydrogen-bond donors (Lipinski definition) is 1. The monoisotopic (exact) mass is 234 g/mol. The number of amides is 1. The Hall–Kier alpha value is -1.68. The Morgan fingerprint density at radius 3 is 2.59 bits per heavy atom. The van der Waals surface area contributed by atoms with Gasteiger partial charge < -0.3 is 10.2 Å². The van der Waals surface area contributed by atoms with Crippen molar-refractivity contribution < 1.29 is 9.59 Å². The SMILES string of the molecule is CC(=O)Nc1cccc(C(=O)CCN(C)C)c1. The predicted octanol–water partition coefficient (Wildman–Crippen LogP) is 1.78. The summed E-state index contributed by atoms with van der Waals surface area (Å²) in [5.41, 5.74) is 1.30. The van der Waals surface area contributed by atoms with E-state index in [9.17, 15) is 9.59 Å². The third-order valence-electron chi connectivity index (χ3n) is 2.29. The Balaban J connectivity index is 2.70. The third-order valence-corrected chi connectivity index (χ3v) is 2.29. The van der Waals surface area contributed by atoms with Crippen molar-refractivity contribution in [3.63, 3.8) is 0 Å². The summed E-state index contributed by atoms with van der Waals surface area (Å²) in [4.78, 5) is 24.7.